The number of rotatable bonds is 6. The van der Waals surface area contributed by atoms with Crippen molar-refractivity contribution in [3.8, 4) is 44.5 Å². The number of nitrogens with zero attached hydrogens (tertiary/aromatic N) is 1. The van der Waals surface area contributed by atoms with Crippen LogP contribution in [0.5, 0.6) is 0 Å². The van der Waals surface area contributed by atoms with Gasteiger partial charge in [0.05, 0.1) is 11.4 Å². The first-order valence-electron chi connectivity index (χ1n) is 21.2. The van der Waals surface area contributed by atoms with Gasteiger partial charge in [-0.2, -0.15) is 0 Å². The lowest BCUT2D eigenvalue weighted by Crippen LogP contribution is -2.14. The van der Waals surface area contributed by atoms with Crippen molar-refractivity contribution < 1.29 is 4.42 Å². The van der Waals surface area contributed by atoms with Crippen molar-refractivity contribution in [2.75, 3.05) is 4.90 Å². The lowest BCUT2D eigenvalue weighted by Gasteiger charge is -2.30. The van der Waals surface area contributed by atoms with E-state index in [0.717, 1.165) is 55.7 Å². The number of furan rings is 1. The number of anilines is 3. The number of hydrogen-bond acceptors (Lipinski definition) is 2. The van der Waals surface area contributed by atoms with E-state index < -0.39 is 0 Å². The molecule has 0 fully saturated rings. The summed E-state index contributed by atoms with van der Waals surface area (Å²) in [7, 11) is 0. The number of benzene rings is 10. The molecule has 0 bridgehead atoms. The van der Waals surface area contributed by atoms with Gasteiger partial charge in [0.1, 0.15) is 11.2 Å². The molecule has 0 spiro atoms. The molecular formula is C59H41NO. The van der Waals surface area contributed by atoms with Crippen molar-refractivity contribution in [3.05, 3.63) is 223 Å². The molecule has 0 radical (unpaired) electrons. The first kappa shape index (κ1) is 35.3. The first-order chi connectivity index (χ1) is 30.0. The Morgan fingerprint density at radius 1 is 0.361 bits per heavy atom. The Balaban J connectivity index is 1.06. The van der Waals surface area contributed by atoms with Crippen LogP contribution in [0.15, 0.2) is 217 Å². The maximum atomic E-state index is 6.67. The van der Waals surface area contributed by atoms with Crippen LogP contribution in [0.25, 0.3) is 88.0 Å². The summed E-state index contributed by atoms with van der Waals surface area (Å²) in [5.74, 6) is 0. The normalized spacial score (nSPS) is 12.9. The van der Waals surface area contributed by atoms with Gasteiger partial charge in [-0.15, -0.1) is 0 Å². The lowest BCUT2D eigenvalue weighted by atomic mass is 9.82. The van der Waals surface area contributed by atoms with Gasteiger partial charge in [0, 0.05) is 38.6 Å². The monoisotopic (exact) mass is 779 g/mol. The van der Waals surface area contributed by atoms with Crippen LogP contribution in [0.4, 0.5) is 17.1 Å². The maximum absolute atomic E-state index is 6.67. The predicted octanol–water partition coefficient (Wildman–Crippen LogP) is 16.7. The molecule has 0 unspecified atom stereocenters. The number of para-hydroxylation sites is 4. The Labute approximate surface area is 355 Å². The summed E-state index contributed by atoms with van der Waals surface area (Å²) in [6.45, 7) is 4.69. The van der Waals surface area contributed by atoms with Crippen molar-refractivity contribution in [2.45, 2.75) is 19.3 Å². The zero-order chi connectivity index (χ0) is 40.7. The molecule has 2 heteroatoms. The molecule has 288 valence electrons. The Hall–Kier alpha value is -7.68. The van der Waals surface area contributed by atoms with Crippen LogP contribution in [-0.4, -0.2) is 0 Å². The van der Waals surface area contributed by atoms with Crippen LogP contribution in [0.1, 0.15) is 25.0 Å². The second-order valence-electron chi connectivity index (χ2n) is 16.8. The Morgan fingerprint density at radius 3 is 1.79 bits per heavy atom. The molecule has 0 aliphatic heterocycles. The molecule has 1 aromatic heterocycles. The summed E-state index contributed by atoms with van der Waals surface area (Å²) in [6, 6.07) is 77.4. The number of fused-ring (bicyclic) bond motifs is 9. The first-order valence-corrected chi connectivity index (χ1v) is 21.2. The molecule has 1 aliphatic carbocycles. The second kappa shape index (κ2) is 13.7. The standard InChI is InChI=1S/C59H41NO/c1-59(2)53-25-9-5-18-47(53)52-37-40(32-36-54(52)59)44-17-6-10-26-55(44)60(56-27-11-7-19-48(56)50-23-14-24-51-49-20-8-12-28-57(49)61-58(50)51)41-33-29-39(30-34-41)43-21-13-22-45-42-16-4-3-15-38(42)31-35-46(43)45/h3-37H,1-2H3. The van der Waals surface area contributed by atoms with Crippen molar-refractivity contribution >= 4 is 60.5 Å². The summed E-state index contributed by atoms with van der Waals surface area (Å²) in [5.41, 5.74) is 17.2. The van der Waals surface area contributed by atoms with Crippen LogP contribution in [0.2, 0.25) is 0 Å². The van der Waals surface area contributed by atoms with E-state index in [1.807, 2.05) is 6.07 Å². The molecule has 1 aliphatic rings. The molecule has 61 heavy (non-hydrogen) atoms. The van der Waals surface area contributed by atoms with Crippen LogP contribution >= 0.6 is 0 Å². The average Bonchev–Trinajstić information content (AvgIpc) is 3.81. The summed E-state index contributed by atoms with van der Waals surface area (Å²) in [6.07, 6.45) is 0. The minimum absolute atomic E-state index is 0.0639. The SMILES string of the molecule is CC1(C)c2ccccc2-c2cc(-c3ccccc3N(c3ccc(-c4cccc5c4ccc4ccccc45)cc3)c3ccccc3-c3cccc4c3oc3ccccc34)ccc21. The van der Waals surface area contributed by atoms with Gasteiger partial charge >= 0.3 is 0 Å². The molecule has 1 heterocycles. The van der Waals surface area contributed by atoms with E-state index in [0.29, 0.717) is 0 Å². The summed E-state index contributed by atoms with van der Waals surface area (Å²) < 4.78 is 6.67. The Kier molecular flexibility index (Phi) is 7.92. The molecule has 0 N–H and O–H groups in total. The third-order valence-corrected chi connectivity index (χ3v) is 13.1. The highest BCUT2D eigenvalue weighted by molar-refractivity contribution is 6.13. The maximum Gasteiger partial charge on any atom is 0.143 e. The van der Waals surface area contributed by atoms with E-state index >= 15 is 0 Å². The van der Waals surface area contributed by atoms with E-state index in [1.165, 1.54) is 60.5 Å². The zero-order valence-electron chi connectivity index (χ0n) is 34.1. The second-order valence-corrected chi connectivity index (χ2v) is 16.8. The third-order valence-electron chi connectivity index (χ3n) is 13.1. The highest BCUT2D eigenvalue weighted by atomic mass is 16.3. The molecule has 12 rings (SSSR count). The lowest BCUT2D eigenvalue weighted by molar-refractivity contribution is 0.660. The molecule has 10 aromatic carbocycles. The molecular weight excluding hydrogens is 739 g/mol. The van der Waals surface area contributed by atoms with E-state index in [-0.39, 0.29) is 5.41 Å². The number of hydrogen-bond donors (Lipinski definition) is 0. The van der Waals surface area contributed by atoms with Crippen molar-refractivity contribution in [2.24, 2.45) is 0 Å². The van der Waals surface area contributed by atoms with Gasteiger partial charge in [0.25, 0.3) is 0 Å². The fourth-order valence-electron chi connectivity index (χ4n) is 10.1. The smallest absolute Gasteiger partial charge is 0.143 e. The van der Waals surface area contributed by atoms with Gasteiger partial charge in [-0.25, -0.2) is 0 Å². The van der Waals surface area contributed by atoms with Crippen molar-refractivity contribution in [1.82, 2.24) is 0 Å². The average molecular weight is 780 g/mol. The van der Waals surface area contributed by atoms with Crippen molar-refractivity contribution in [1.29, 1.82) is 0 Å². The van der Waals surface area contributed by atoms with Gasteiger partial charge in [-0.1, -0.05) is 190 Å². The molecule has 0 atom stereocenters. The third kappa shape index (κ3) is 5.49. The molecule has 11 aromatic rings. The van der Waals surface area contributed by atoms with Gasteiger partial charge in [-0.3, -0.25) is 0 Å². The molecule has 0 amide bonds. The topological polar surface area (TPSA) is 16.4 Å². The minimum atomic E-state index is -0.0639. The van der Waals surface area contributed by atoms with Gasteiger partial charge in [0.15, 0.2) is 0 Å². The molecule has 0 saturated heterocycles. The van der Waals surface area contributed by atoms with Crippen molar-refractivity contribution in [3.63, 3.8) is 0 Å². The highest BCUT2D eigenvalue weighted by Gasteiger charge is 2.35. The largest absolute Gasteiger partial charge is 0.455 e. The van der Waals surface area contributed by atoms with Gasteiger partial charge in [0.2, 0.25) is 0 Å². The van der Waals surface area contributed by atoms with Crippen LogP contribution in [0, 0.1) is 0 Å². The zero-order valence-corrected chi connectivity index (χ0v) is 34.1. The Morgan fingerprint density at radius 2 is 0.951 bits per heavy atom. The van der Waals surface area contributed by atoms with Gasteiger partial charge in [-0.05, 0) is 96.9 Å². The minimum Gasteiger partial charge on any atom is -0.455 e. The van der Waals surface area contributed by atoms with Crippen LogP contribution in [-0.2, 0) is 5.41 Å². The summed E-state index contributed by atoms with van der Waals surface area (Å²) >= 11 is 0. The molecule has 2 nitrogen and oxygen atoms in total. The highest BCUT2D eigenvalue weighted by Crippen LogP contribution is 2.52. The van der Waals surface area contributed by atoms with Crippen LogP contribution in [0.3, 0.4) is 0 Å². The quantitative estimate of drug-likeness (QED) is 0.156. The summed E-state index contributed by atoms with van der Waals surface area (Å²) in [5, 5.41) is 7.29. The predicted molar refractivity (Wildman–Crippen MR) is 257 cm³/mol. The molecule has 0 saturated carbocycles. The Bertz CT molecular complexity index is 3520. The van der Waals surface area contributed by atoms with E-state index in [2.05, 4.69) is 225 Å². The fourth-order valence-corrected chi connectivity index (χ4v) is 10.1. The van der Waals surface area contributed by atoms with E-state index in [4.69, 9.17) is 4.42 Å². The fraction of sp³-hybridized carbons (Fsp3) is 0.0508. The summed E-state index contributed by atoms with van der Waals surface area (Å²) in [4.78, 5) is 2.44. The van der Waals surface area contributed by atoms with Gasteiger partial charge < -0.3 is 9.32 Å². The van der Waals surface area contributed by atoms with E-state index in [1.54, 1.807) is 0 Å². The van der Waals surface area contributed by atoms with E-state index in [9.17, 15) is 0 Å². The van der Waals surface area contributed by atoms with Crippen LogP contribution < -0.4 is 4.90 Å².